The first-order chi connectivity index (χ1) is 6.93. The highest BCUT2D eigenvalue weighted by Gasteiger charge is 2.31. The summed E-state index contributed by atoms with van der Waals surface area (Å²) in [6.07, 6.45) is 1.05. The number of halogens is 2. The van der Waals surface area contributed by atoms with E-state index in [0.29, 0.717) is 0 Å². The Labute approximate surface area is 93.5 Å². The molecule has 0 spiro atoms. The Hall–Kier alpha value is -1.40. The minimum Gasteiger partial charge on any atom is -0.480 e. The Morgan fingerprint density at radius 2 is 1.80 bits per heavy atom. The zero-order valence-electron chi connectivity index (χ0n) is 7.02. The number of aliphatic carboxylic acids is 2. The molecular formula is C7H4Cl2N2O4. The summed E-state index contributed by atoms with van der Waals surface area (Å²) >= 11 is 11.0. The predicted molar refractivity (Wildman–Crippen MR) is 50.1 cm³/mol. The molecule has 0 atom stereocenters. The molecule has 15 heavy (non-hydrogen) atoms. The van der Waals surface area contributed by atoms with E-state index < -0.39 is 17.9 Å². The summed E-state index contributed by atoms with van der Waals surface area (Å²) in [6.45, 7) is 0. The SMILES string of the molecule is O=C(O)C(C(=O)O)c1nc(Cl)ncc1Cl. The highest BCUT2D eigenvalue weighted by Crippen LogP contribution is 2.23. The van der Waals surface area contributed by atoms with Gasteiger partial charge < -0.3 is 10.2 Å². The second-order valence-electron chi connectivity index (χ2n) is 2.48. The van der Waals surface area contributed by atoms with Crippen molar-refractivity contribution in [3.8, 4) is 0 Å². The first-order valence-electron chi connectivity index (χ1n) is 3.57. The van der Waals surface area contributed by atoms with Crippen molar-refractivity contribution in [1.29, 1.82) is 0 Å². The van der Waals surface area contributed by atoms with E-state index in [9.17, 15) is 9.59 Å². The molecule has 1 aromatic heterocycles. The topological polar surface area (TPSA) is 100 Å². The molecule has 0 aromatic carbocycles. The van der Waals surface area contributed by atoms with Gasteiger partial charge in [0.15, 0.2) is 5.92 Å². The number of hydrogen-bond acceptors (Lipinski definition) is 4. The molecule has 8 heteroatoms. The molecule has 1 aromatic rings. The maximum atomic E-state index is 10.7. The molecule has 0 bridgehead atoms. The Morgan fingerprint density at radius 3 is 2.27 bits per heavy atom. The van der Waals surface area contributed by atoms with Gasteiger partial charge in [-0.05, 0) is 11.6 Å². The third kappa shape index (κ3) is 2.54. The second-order valence-corrected chi connectivity index (χ2v) is 3.23. The number of hydrogen-bond donors (Lipinski definition) is 2. The largest absolute Gasteiger partial charge is 0.480 e. The number of carbonyl (C=O) groups is 2. The van der Waals surface area contributed by atoms with Crippen molar-refractivity contribution in [2.24, 2.45) is 0 Å². The van der Waals surface area contributed by atoms with Crippen molar-refractivity contribution in [2.45, 2.75) is 5.92 Å². The Morgan fingerprint density at radius 1 is 1.27 bits per heavy atom. The number of carboxylic acids is 2. The molecule has 0 saturated carbocycles. The monoisotopic (exact) mass is 250 g/mol. The molecule has 0 unspecified atom stereocenters. The quantitative estimate of drug-likeness (QED) is 0.614. The molecule has 2 N–H and O–H groups in total. The molecule has 0 radical (unpaired) electrons. The van der Waals surface area contributed by atoms with E-state index in [1.807, 2.05) is 0 Å². The van der Waals surface area contributed by atoms with E-state index in [2.05, 4.69) is 9.97 Å². The third-order valence-electron chi connectivity index (χ3n) is 1.51. The summed E-state index contributed by atoms with van der Waals surface area (Å²) < 4.78 is 0. The molecule has 0 aliphatic heterocycles. The van der Waals surface area contributed by atoms with Crippen LogP contribution in [0.15, 0.2) is 6.20 Å². The van der Waals surface area contributed by atoms with Gasteiger partial charge in [-0.25, -0.2) is 9.97 Å². The zero-order valence-corrected chi connectivity index (χ0v) is 8.53. The average molecular weight is 251 g/mol. The molecular weight excluding hydrogens is 247 g/mol. The zero-order chi connectivity index (χ0) is 11.6. The third-order valence-corrected chi connectivity index (χ3v) is 1.98. The van der Waals surface area contributed by atoms with E-state index in [4.69, 9.17) is 33.4 Å². The Bertz CT molecular complexity index is 409. The fourth-order valence-electron chi connectivity index (χ4n) is 0.900. The molecule has 6 nitrogen and oxygen atoms in total. The van der Waals surface area contributed by atoms with Gasteiger partial charge in [0.2, 0.25) is 5.28 Å². The Kier molecular flexibility index (Phi) is 3.43. The number of nitrogens with zero attached hydrogens (tertiary/aromatic N) is 2. The van der Waals surface area contributed by atoms with Crippen LogP contribution in [0.5, 0.6) is 0 Å². The van der Waals surface area contributed by atoms with Crippen LogP contribution in [0.25, 0.3) is 0 Å². The van der Waals surface area contributed by atoms with Crippen LogP contribution in [0.4, 0.5) is 0 Å². The van der Waals surface area contributed by atoms with Crippen molar-refractivity contribution in [2.75, 3.05) is 0 Å². The summed E-state index contributed by atoms with van der Waals surface area (Å²) in [5, 5.41) is 16.9. The highest BCUT2D eigenvalue weighted by atomic mass is 35.5. The van der Waals surface area contributed by atoms with Crippen molar-refractivity contribution in [3.63, 3.8) is 0 Å². The van der Waals surface area contributed by atoms with Crippen LogP contribution in [-0.4, -0.2) is 32.1 Å². The summed E-state index contributed by atoms with van der Waals surface area (Å²) in [6, 6.07) is 0. The summed E-state index contributed by atoms with van der Waals surface area (Å²) in [5.41, 5.74) is -0.336. The van der Waals surface area contributed by atoms with Crippen LogP contribution in [0.1, 0.15) is 11.6 Å². The molecule has 1 heterocycles. The van der Waals surface area contributed by atoms with Crippen LogP contribution in [0, 0.1) is 0 Å². The summed E-state index contributed by atoms with van der Waals surface area (Å²) in [4.78, 5) is 28.3. The van der Waals surface area contributed by atoms with Crippen molar-refractivity contribution < 1.29 is 19.8 Å². The molecule has 80 valence electrons. The van der Waals surface area contributed by atoms with Gasteiger partial charge in [0, 0.05) is 0 Å². The van der Waals surface area contributed by atoms with Crippen molar-refractivity contribution >= 4 is 35.1 Å². The van der Waals surface area contributed by atoms with Crippen LogP contribution in [0.2, 0.25) is 10.3 Å². The van der Waals surface area contributed by atoms with Gasteiger partial charge in [0.25, 0.3) is 0 Å². The van der Waals surface area contributed by atoms with Crippen LogP contribution >= 0.6 is 23.2 Å². The fraction of sp³-hybridized carbons (Fsp3) is 0.143. The van der Waals surface area contributed by atoms with Gasteiger partial charge in [-0.2, -0.15) is 0 Å². The first kappa shape index (κ1) is 11.7. The predicted octanol–water partition coefficient (Wildman–Crippen LogP) is 1.04. The lowest BCUT2D eigenvalue weighted by molar-refractivity contribution is -0.150. The second kappa shape index (κ2) is 4.41. The molecule has 0 amide bonds. The lowest BCUT2D eigenvalue weighted by Crippen LogP contribution is -2.22. The highest BCUT2D eigenvalue weighted by molar-refractivity contribution is 6.32. The lowest BCUT2D eigenvalue weighted by Gasteiger charge is -2.07. The minimum atomic E-state index is -1.85. The van der Waals surface area contributed by atoms with Gasteiger partial charge in [0.05, 0.1) is 16.9 Å². The van der Waals surface area contributed by atoms with Crippen LogP contribution in [-0.2, 0) is 9.59 Å². The standard InChI is InChI=1S/C7H4Cl2N2O4/c8-2-1-10-7(9)11-4(2)3(5(12)13)6(14)15/h1,3H,(H,12,13)(H,14,15). The molecule has 0 fully saturated rings. The van der Waals surface area contributed by atoms with Gasteiger partial charge in [0.1, 0.15) is 0 Å². The molecule has 0 aliphatic rings. The van der Waals surface area contributed by atoms with Gasteiger partial charge in [-0.15, -0.1) is 0 Å². The van der Waals surface area contributed by atoms with Gasteiger partial charge in [-0.1, -0.05) is 11.6 Å². The van der Waals surface area contributed by atoms with Crippen molar-refractivity contribution in [3.05, 3.63) is 22.2 Å². The van der Waals surface area contributed by atoms with Crippen LogP contribution < -0.4 is 0 Å². The fourth-order valence-corrected chi connectivity index (χ4v) is 1.24. The smallest absolute Gasteiger partial charge is 0.324 e. The summed E-state index contributed by atoms with van der Waals surface area (Å²) in [7, 11) is 0. The van der Waals surface area contributed by atoms with E-state index >= 15 is 0 Å². The van der Waals surface area contributed by atoms with Crippen molar-refractivity contribution in [1.82, 2.24) is 9.97 Å². The molecule has 1 rings (SSSR count). The normalized spacial score (nSPS) is 10.3. The first-order valence-corrected chi connectivity index (χ1v) is 4.32. The average Bonchev–Trinajstić information content (AvgIpc) is 2.10. The minimum absolute atomic E-state index is 0.158. The molecule has 0 aliphatic carbocycles. The summed E-state index contributed by atoms with van der Waals surface area (Å²) in [5.74, 6) is -4.99. The van der Waals surface area contributed by atoms with E-state index in [1.54, 1.807) is 0 Å². The maximum absolute atomic E-state index is 10.7. The van der Waals surface area contributed by atoms with Gasteiger partial charge in [-0.3, -0.25) is 9.59 Å². The lowest BCUT2D eigenvalue weighted by atomic mass is 10.1. The number of rotatable bonds is 3. The van der Waals surface area contributed by atoms with E-state index in [0.717, 1.165) is 6.20 Å². The Balaban J connectivity index is 3.28. The maximum Gasteiger partial charge on any atom is 0.324 e. The number of carboxylic acid groups (broad SMARTS) is 2. The van der Waals surface area contributed by atoms with E-state index in [-0.39, 0.29) is 16.0 Å². The van der Waals surface area contributed by atoms with Gasteiger partial charge >= 0.3 is 11.9 Å². The van der Waals surface area contributed by atoms with E-state index in [1.165, 1.54) is 0 Å². The molecule has 0 saturated heterocycles. The van der Waals surface area contributed by atoms with Crippen LogP contribution in [0.3, 0.4) is 0 Å². The number of aromatic nitrogens is 2.